The monoisotopic (exact) mass is 773 g/mol. The summed E-state index contributed by atoms with van der Waals surface area (Å²) in [6, 6.07) is 68.4. The molecule has 8 aromatic rings. The average Bonchev–Trinajstić information content (AvgIpc) is 3.53. The maximum atomic E-state index is 2.49. The van der Waals surface area contributed by atoms with Gasteiger partial charge in [0.25, 0.3) is 0 Å². The van der Waals surface area contributed by atoms with Gasteiger partial charge in [0.1, 0.15) is 0 Å². The van der Waals surface area contributed by atoms with Crippen LogP contribution in [0.2, 0.25) is 0 Å². The molecule has 60 heavy (non-hydrogen) atoms. The predicted octanol–water partition coefficient (Wildman–Crippen LogP) is 16.1. The summed E-state index contributed by atoms with van der Waals surface area (Å²) in [5.74, 6) is 2.87. The van der Waals surface area contributed by atoms with Crippen LogP contribution < -0.4 is 4.90 Å². The van der Waals surface area contributed by atoms with Gasteiger partial charge in [-0.25, -0.2) is 0 Å². The van der Waals surface area contributed by atoms with Gasteiger partial charge >= 0.3 is 0 Å². The second kappa shape index (κ2) is 13.7. The topological polar surface area (TPSA) is 3.24 Å². The van der Waals surface area contributed by atoms with Crippen molar-refractivity contribution in [2.75, 3.05) is 4.90 Å². The lowest BCUT2D eigenvalue weighted by molar-refractivity contribution is -0.00518. The summed E-state index contributed by atoms with van der Waals surface area (Å²) in [7, 11) is 0. The molecule has 13 rings (SSSR count). The maximum absolute atomic E-state index is 2.49. The van der Waals surface area contributed by atoms with E-state index in [0.717, 1.165) is 29.1 Å². The number of benzene rings is 8. The molecule has 0 aliphatic heterocycles. The third kappa shape index (κ3) is 5.66. The molecule has 5 aliphatic carbocycles. The van der Waals surface area contributed by atoms with Crippen LogP contribution >= 0.6 is 0 Å². The highest BCUT2D eigenvalue weighted by Crippen LogP contribution is 2.61. The van der Waals surface area contributed by atoms with E-state index < -0.39 is 0 Å². The predicted molar refractivity (Wildman–Crippen MR) is 252 cm³/mol. The summed E-state index contributed by atoms with van der Waals surface area (Å²) in [6.07, 6.45) is 8.69. The van der Waals surface area contributed by atoms with E-state index in [1.165, 1.54) is 111 Å². The lowest BCUT2D eigenvalue weighted by Crippen LogP contribution is -2.48. The Morgan fingerprint density at radius 2 is 0.900 bits per heavy atom. The first-order chi connectivity index (χ1) is 29.4. The number of fused-ring (bicyclic) bond motifs is 4. The molecular weight excluding hydrogens is 723 g/mol. The SMILES string of the molecule is CC1(C)c2ccccc2-c2cccc(N(c3ccc(-c4ccc(C56CC7CC(CC(C7)C5)C6)cc4)cc3)c3ccc(-c4cccc5cccc(-c6ccccc6)c45)cc3)c21. The Labute approximate surface area is 355 Å². The molecule has 0 radical (unpaired) electrons. The van der Waals surface area contributed by atoms with Crippen LogP contribution in [-0.4, -0.2) is 0 Å². The molecule has 0 atom stereocenters. The van der Waals surface area contributed by atoms with Crippen molar-refractivity contribution in [3.63, 3.8) is 0 Å². The molecule has 292 valence electrons. The lowest BCUT2D eigenvalue weighted by atomic mass is 9.48. The first-order valence-electron chi connectivity index (χ1n) is 22.3. The second-order valence-corrected chi connectivity index (χ2v) is 19.1. The van der Waals surface area contributed by atoms with E-state index in [0.29, 0.717) is 5.41 Å². The zero-order valence-electron chi connectivity index (χ0n) is 34.7. The van der Waals surface area contributed by atoms with E-state index in [1.807, 2.05) is 0 Å². The zero-order chi connectivity index (χ0) is 40.0. The minimum atomic E-state index is -0.157. The van der Waals surface area contributed by atoms with E-state index in [2.05, 4.69) is 201 Å². The molecule has 0 spiro atoms. The van der Waals surface area contributed by atoms with Crippen LogP contribution in [0.5, 0.6) is 0 Å². The number of hydrogen-bond acceptors (Lipinski definition) is 1. The Bertz CT molecular complexity index is 2860. The number of nitrogens with zero attached hydrogens (tertiary/aromatic N) is 1. The van der Waals surface area contributed by atoms with Crippen molar-refractivity contribution in [3.05, 3.63) is 199 Å². The Morgan fingerprint density at radius 1 is 0.417 bits per heavy atom. The zero-order valence-corrected chi connectivity index (χ0v) is 34.7. The van der Waals surface area contributed by atoms with Gasteiger partial charge in [-0.2, -0.15) is 0 Å². The van der Waals surface area contributed by atoms with Crippen molar-refractivity contribution in [1.29, 1.82) is 0 Å². The molecule has 4 saturated carbocycles. The molecule has 4 fully saturated rings. The summed E-state index contributed by atoms with van der Waals surface area (Å²) in [5.41, 5.74) is 18.4. The van der Waals surface area contributed by atoms with E-state index in [9.17, 15) is 0 Å². The van der Waals surface area contributed by atoms with Gasteiger partial charge in [0, 0.05) is 16.8 Å². The van der Waals surface area contributed by atoms with Gasteiger partial charge in [-0.1, -0.05) is 166 Å². The first kappa shape index (κ1) is 35.7. The third-order valence-electron chi connectivity index (χ3n) is 15.2. The number of anilines is 3. The van der Waals surface area contributed by atoms with Crippen molar-refractivity contribution in [3.8, 4) is 44.5 Å². The summed E-state index contributed by atoms with van der Waals surface area (Å²) >= 11 is 0. The third-order valence-corrected chi connectivity index (χ3v) is 15.2. The Balaban J connectivity index is 0.940. The fraction of sp³-hybridized carbons (Fsp3) is 0.220. The molecule has 0 saturated heterocycles. The summed E-state index contributed by atoms with van der Waals surface area (Å²) in [4.78, 5) is 2.49. The highest BCUT2D eigenvalue weighted by molar-refractivity contribution is 6.06. The summed E-state index contributed by atoms with van der Waals surface area (Å²) in [5, 5.41) is 2.54. The summed E-state index contributed by atoms with van der Waals surface area (Å²) in [6.45, 7) is 4.78. The Hall–Kier alpha value is -6.18. The van der Waals surface area contributed by atoms with Gasteiger partial charge in [-0.15, -0.1) is 0 Å². The molecule has 1 nitrogen and oxygen atoms in total. The van der Waals surface area contributed by atoms with Gasteiger partial charge in [-0.3, -0.25) is 0 Å². The second-order valence-electron chi connectivity index (χ2n) is 19.1. The van der Waals surface area contributed by atoms with Crippen LogP contribution in [0.4, 0.5) is 17.1 Å². The molecule has 0 amide bonds. The fourth-order valence-electron chi connectivity index (χ4n) is 12.9. The van der Waals surface area contributed by atoms with Crippen LogP contribution in [0.15, 0.2) is 182 Å². The van der Waals surface area contributed by atoms with Crippen molar-refractivity contribution < 1.29 is 0 Å². The minimum absolute atomic E-state index is 0.157. The van der Waals surface area contributed by atoms with Crippen molar-refractivity contribution in [2.45, 2.75) is 63.2 Å². The number of hydrogen-bond donors (Lipinski definition) is 0. The van der Waals surface area contributed by atoms with Crippen LogP contribution in [0.1, 0.15) is 69.1 Å². The molecule has 0 heterocycles. The summed E-state index contributed by atoms with van der Waals surface area (Å²) < 4.78 is 0. The highest BCUT2D eigenvalue weighted by Gasteiger charge is 2.51. The highest BCUT2D eigenvalue weighted by atomic mass is 15.1. The van der Waals surface area contributed by atoms with E-state index in [1.54, 1.807) is 5.56 Å². The van der Waals surface area contributed by atoms with Gasteiger partial charge in [0.2, 0.25) is 0 Å². The van der Waals surface area contributed by atoms with Crippen LogP contribution in [0.3, 0.4) is 0 Å². The van der Waals surface area contributed by atoms with Gasteiger partial charge in [-0.05, 0) is 164 Å². The van der Waals surface area contributed by atoms with Gasteiger partial charge in [0.05, 0.1) is 5.69 Å². The Kier molecular flexibility index (Phi) is 8.15. The van der Waals surface area contributed by atoms with E-state index >= 15 is 0 Å². The Morgan fingerprint density at radius 3 is 1.52 bits per heavy atom. The normalized spacial score (nSPS) is 21.8. The van der Waals surface area contributed by atoms with Gasteiger partial charge < -0.3 is 4.90 Å². The molecular formula is C59H51N. The quantitative estimate of drug-likeness (QED) is 0.156. The minimum Gasteiger partial charge on any atom is -0.310 e. The van der Waals surface area contributed by atoms with E-state index in [-0.39, 0.29) is 5.41 Å². The lowest BCUT2D eigenvalue weighted by Gasteiger charge is -2.57. The van der Waals surface area contributed by atoms with E-state index in [4.69, 9.17) is 0 Å². The maximum Gasteiger partial charge on any atom is 0.0508 e. The van der Waals surface area contributed by atoms with Crippen molar-refractivity contribution in [1.82, 2.24) is 0 Å². The van der Waals surface area contributed by atoms with Crippen LogP contribution in [0.25, 0.3) is 55.3 Å². The molecule has 1 heteroatoms. The van der Waals surface area contributed by atoms with Crippen molar-refractivity contribution >= 4 is 27.8 Å². The molecule has 5 aliphatic rings. The average molecular weight is 774 g/mol. The van der Waals surface area contributed by atoms with Crippen LogP contribution in [-0.2, 0) is 10.8 Å². The standard InChI is InChI=1S/C59H51N/c1-58(2)54-19-7-6-15-52(54)53-18-10-20-55(57(53)58)60(49-31-25-45(26-32-49)51-17-9-14-46-13-8-16-50(56(46)51)44-11-4-3-5-12-44)48-29-23-43(24-30-48)42-21-27-47(28-22-42)59-36-39-33-40(37-59)35-41(34-39)38-59/h3-32,39-41H,33-38H2,1-2H3. The molecule has 0 aromatic heterocycles. The smallest absolute Gasteiger partial charge is 0.0508 e. The first-order valence-corrected chi connectivity index (χ1v) is 22.3. The fourth-order valence-corrected chi connectivity index (χ4v) is 12.9. The van der Waals surface area contributed by atoms with Gasteiger partial charge in [0.15, 0.2) is 0 Å². The number of rotatable bonds is 7. The molecule has 0 N–H and O–H groups in total. The molecule has 0 unspecified atom stereocenters. The molecule has 8 aromatic carbocycles. The van der Waals surface area contributed by atoms with Crippen LogP contribution in [0, 0.1) is 17.8 Å². The largest absolute Gasteiger partial charge is 0.310 e. The van der Waals surface area contributed by atoms with Crippen molar-refractivity contribution in [2.24, 2.45) is 17.8 Å². The molecule has 4 bridgehead atoms.